The Hall–Kier alpha value is -2.48. The van der Waals surface area contributed by atoms with Gasteiger partial charge in [-0.05, 0) is 42.3 Å². The van der Waals surface area contributed by atoms with E-state index >= 15 is 0 Å². The molecule has 1 aliphatic heterocycles. The zero-order chi connectivity index (χ0) is 20.5. The van der Waals surface area contributed by atoms with Crippen LogP contribution < -0.4 is 0 Å². The van der Waals surface area contributed by atoms with Gasteiger partial charge in [-0.2, -0.15) is 8.42 Å². The Morgan fingerprint density at radius 3 is 2.50 bits per heavy atom. The van der Waals surface area contributed by atoms with Crippen molar-refractivity contribution < 1.29 is 17.4 Å². The van der Waals surface area contributed by atoms with Crippen molar-refractivity contribution in [2.75, 3.05) is 6.26 Å². The average molecular weight is 421 g/mol. The van der Waals surface area contributed by atoms with E-state index in [9.17, 15) is 12.8 Å². The first kappa shape index (κ1) is 20.3. The molecule has 0 aliphatic carbocycles. The van der Waals surface area contributed by atoms with Crippen molar-refractivity contribution in [3.05, 3.63) is 81.9 Å². The van der Waals surface area contributed by atoms with Crippen LogP contribution in [0.5, 0.6) is 0 Å². The Balaban J connectivity index is 0.000000403. The predicted octanol–water partition coefficient (Wildman–Crippen LogP) is 4.64. The highest BCUT2D eigenvalue weighted by molar-refractivity contribution is 7.85. The summed E-state index contributed by atoms with van der Waals surface area (Å²) < 4.78 is 40.2. The number of aromatic nitrogens is 1. The van der Waals surface area contributed by atoms with Gasteiger partial charge in [-0.3, -0.25) is 9.55 Å². The number of nitrogens with one attached hydrogen (secondary N) is 1. The standard InChI is InChI=1S/C19H14ClFN2.CH4O3S/c1-11-18-12(9-22-11)10-23-19(15-4-2-3-5-17(15)21)16-8-13(20)6-7-14(16)18;1-5(2,3)4/h2-9,22H,10H2,1H3;1H3,(H,2,3,4). The van der Waals surface area contributed by atoms with E-state index in [0.29, 0.717) is 29.1 Å². The van der Waals surface area contributed by atoms with Crippen LogP contribution in [0.1, 0.15) is 22.4 Å². The van der Waals surface area contributed by atoms with Gasteiger partial charge in [0, 0.05) is 33.6 Å². The van der Waals surface area contributed by atoms with Crippen molar-refractivity contribution >= 4 is 27.4 Å². The molecule has 0 fully saturated rings. The lowest BCUT2D eigenvalue weighted by Crippen LogP contribution is -2.07. The van der Waals surface area contributed by atoms with E-state index in [0.717, 1.165) is 27.9 Å². The summed E-state index contributed by atoms with van der Waals surface area (Å²) in [6.07, 6.45) is 2.68. The molecule has 0 radical (unpaired) electrons. The third kappa shape index (κ3) is 4.49. The number of hydrogen-bond donors (Lipinski definition) is 2. The van der Waals surface area contributed by atoms with Crippen molar-refractivity contribution in [1.29, 1.82) is 0 Å². The quantitative estimate of drug-likeness (QED) is 0.562. The fraction of sp³-hybridized carbons (Fsp3) is 0.150. The molecule has 1 aliphatic rings. The van der Waals surface area contributed by atoms with Crippen LogP contribution in [-0.4, -0.2) is 29.9 Å². The van der Waals surface area contributed by atoms with E-state index in [2.05, 4.69) is 9.98 Å². The van der Waals surface area contributed by atoms with Crippen molar-refractivity contribution in [1.82, 2.24) is 4.98 Å². The average Bonchev–Trinajstić information content (AvgIpc) is 2.88. The molecule has 2 heterocycles. The first-order valence-corrected chi connectivity index (χ1v) is 10.6. The third-order valence-corrected chi connectivity index (χ3v) is 4.44. The molecule has 4 rings (SSSR count). The molecule has 0 saturated heterocycles. The van der Waals surface area contributed by atoms with Crippen LogP contribution in [0.25, 0.3) is 11.1 Å². The maximum absolute atomic E-state index is 14.3. The van der Waals surface area contributed by atoms with Gasteiger partial charge in [0.15, 0.2) is 0 Å². The summed E-state index contributed by atoms with van der Waals surface area (Å²) in [6, 6.07) is 12.4. The highest BCUT2D eigenvalue weighted by Crippen LogP contribution is 2.36. The number of halogens is 2. The normalized spacial score (nSPS) is 12.8. The van der Waals surface area contributed by atoms with Crippen LogP contribution in [-0.2, 0) is 16.7 Å². The van der Waals surface area contributed by atoms with Gasteiger partial charge in [0.2, 0.25) is 0 Å². The number of fused-ring (bicyclic) bond motifs is 3. The minimum atomic E-state index is -3.67. The largest absolute Gasteiger partial charge is 0.364 e. The van der Waals surface area contributed by atoms with Gasteiger partial charge in [-0.25, -0.2) is 4.39 Å². The summed E-state index contributed by atoms with van der Waals surface area (Å²) in [6.45, 7) is 2.54. The topological polar surface area (TPSA) is 82.5 Å². The monoisotopic (exact) mass is 420 g/mol. The molecular weight excluding hydrogens is 403 g/mol. The van der Waals surface area contributed by atoms with Gasteiger partial charge >= 0.3 is 0 Å². The molecular formula is C20H18ClFN2O3S. The Labute approximate surface area is 167 Å². The SMILES string of the molecule is CS(=O)(=O)O.Cc1[nH]cc2c1-c1ccc(Cl)cc1C(c1ccccc1F)=NC2. The fourth-order valence-electron chi connectivity index (χ4n) is 3.14. The summed E-state index contributed by atoms with van der Waals surface area (Å²) in [5.74, 6) is -0.276. The predicted molar refractivity (Wildman–Crippen MR) is 109 cm³/mol. The Kier molecular flexibility index (Phi) is 5.69. The first-order chi connectivity index (χ1) is 13.1. The minimum Gasteiger partial charge on any atom is -0.364 e. The molecule has 146 valence electrons. The lowest BCUT2D eigenvalue weighted by atomic mass is 9.92. The van der Waals surface area contributed by atoms with Crippen LogP contribution in [0.15, 0.2) is 53.7 Å². The summed E-state index contributed by atoms with van der Waals surface area (Å²) in [5, 5.41) is 0.615. The van der Waals surface area contributed by atoms with Crippen LogP contribution >= 0.6 is 11.6 Å². The van der Waals surface area contributed by atoms with Gasteiger partial charge < -0.3 is 4.98 Å². The lowest BCUT2D eigenvalue weighted by molar-refractivity contribution is 0.490. The van der Waals surface area contributed by atoms with Gasteiger partial charge in [0.05, 0.1) is 18.5 Å². The van der Waals surface area contributed by atoms with E-state index in [1.54, 1.807) is 12.1 Å². The third-order valence-electron chi connectivity index (χ3n) is 4.20. The van der Waals surface area contributed by atoms with Crippen molar-refractivity contribution in [3.63, 3.8) is 0 Å². The smallest absolute Gasteiger partial charge is 0.261 e. The Morgan fingerprint density at radius 1 is 1.14 bits per heavy atom. The summed E-state index contributed by atoms with van der Waals surface area (Å²) in [4.78, 5) is 7.94. The zero-order valence-corrected chi connectivity index (χ0v) is 16.8. The number of aliphatic imine (C=N–C) groups is 1. The molecule has 5 nitrogen and oxygen atoms in total. The van der Waals surface area contributed by atoms with Gasteiger partial charge in [0.25, 0.3) is 10.1 Å². The number of benzene rings is 2. The highest BCUT2D eigenvalue weighted by atomic mass is 35.5. The van der Waals surface area contributed by atoms with Gasteiger partial charge in [-0.15, -0.1) is 0 Å². The molecule has 28 heavy (non-hydrogen) atoms. The van der Waals surface area contributed by atoms with Crippen molar-refractivity contribution in [2.24, 2.45) is 4.99 Å². The van der Waals surface area contributed by atoms with E-state index in [1.807, 2.05) is 37.4 Å². The second kappa shape index (κ2) is 7.87. The summed E-state index contributed by atoms with van der Waals surface area (Å²) >= 11 is 6.21. The van der Waals surface area contributed by atoms with Crippen molar-refractivity contribution in [3.8, 4) is 11.1 Å². The summed E-state index contributed by atoms with van der Waals surface area (Å²) in [5.41, 5.74) is 6.36. The van der Waals surface area contributed by atoms with Gasteiger partial charge in [-0.1, -0.05) is 29.8 Å². The zero-order valence-electron chi connectivity index (χ0n) is 15.2. The van der Waals surface area contributed by atoms with Crippen LogP contribution in [0.3, 0.4) is 0 Å². The lowest BCUT2D eigenvalue weighted by Gasteiger charge is -2.12. The molecule has 2 N–H and O–H groups in total. The first-order valence-electron chi connectivity index (χ1n) is 8.34. The number of hydrogen-bond acceptors (Lipinski definition) is 3. The Morgan fingerprint density at radius 2 is 1.82 bits per heavy atom. The number of aromatic amines is 1. The number of rotatable bonds is 1. The molecule has 1 aromatic heterocycles. The van der Waals surface area contributed by atoms with Gasteiger partial charge in [0.1, 0.15) is 5.82 Å². The molecule has 0 unspecified atom stereocenters. The van der Waals surface area contributed by atoms with E-state index < -0.39 is 10.1 Å². The maximum atomic E-state index is 14.3. The van der Waals surface area contributed by atoms with Crippen LogP contribution in [0, 0.1) is 12.7 Å². The molecule has 0 amide bonds. The second-order valence-corrected chi connectivity index (χ2v) is 8.28. The minimum absolute atomic E-state index is 0.276. The van der Waals surface area contributed by atoms with E-state index in [1.165, 1.54) is 6.07 Å². The molecule has 0 atom stereocenters. The van der Waals surface area contributed by atoms with Crippen LogP contribution in [0.4, 0.5) is 4.39 Å². The maximum Gasteiger partial charge on any atom is 0.261 e. The number of H-pyrrole nitrogens is 1. The molecule has 0 bridgehead atoms. The van der Waals surface area contributed by atoms with Crippen molar-refractivity contribution in [2.45, 2.75) is 13.5 Å². The second-order valence-electron chi connectivity index (χ2n) is 6.38. The molecule has 0 saturated carbocycles. The molecule has 3 aromatic rings. The summed E-state index contributed by atoms with van der Waals surface area (Å²) in [7, 11) is -3.67. The van der Waals surface area contributed by atoms with E-state index in [4.69, 9.17) is 16.2 Å². The molecule has 0 spiro atoms. The number of nitrogens with zero attached hydrogens (tertiary/aromatic N) is 1. The fourth-order valence-corrected chi connectivity index (χ4v) is 3.32. The van der Waals surface area contributed by atoms with E-state index in [-0.39, 0.29) is 5.82 Å². The molecule has 8 heteroatoms. The highest BCUT2D eigenvalue weighted by Gasteiger charge is 2.23. The number of aryl methyl sites for hydroxylation is 1. The molecule has 2 aromatic carbocycles. The van der Waals surface area contributed by atoms with Crippen LogP contribution in [0.2, 0.25) is 5.02 Å². The Bertz CT molecular complexity index is 1160.